The molecule has 1 fully saturated rings. The lowest BCUT2D eigenvalue weighted by Crippen LogP contribution is -2.53. The van der Waals surface area contributed by atoms with Crippen molar-refractivity contribution in [2.75, 3.05) is 11.5 Å². The van der Waals surface area contributed by atoms with E-state index in [1.807, 2.05) is 6.20 Å². The lowest BCUT2D eigenvalue weighted by atomic mass is 10.1. The Bertz CT molecular complexity index is 1190. The first-order chi connectivity index (χ1) is 15.4. The first-order valence-corrected chi connectivity index (χ1v) is 12.4. The third-order valence-corrected chi connectivity index (χ3v) is 8.68. The average molecular weight is 492 g/mol. The number of rotatable bonds is 6. The SMILES string of the molecule is NC(=O)C(=NOC(=O)C1=C(SC2CCn3cncc32)CS[C@H]2CC(=O)N12)c1csc(N)n1. The van der Waals surface area contributed by atoms with Crippen LogP contribution in [-0.4, -0.2) is 54.1 Å². The molecule has 2 atom stereocenters. The maximum absolute atomic E-state index is 13.1. The molecule has 5 rings (SSSR count). The number of hydrogen-bond donors (Lipinski definition) is 2. The van der Waals surface area contributed by atoms with Crippen LogP contribution < -0.4 is 11.5 Å². The number of aromatic nitrogens is 3. The van der Waals surface area contributed by atoms with Crippen LogP contribution in [0.15, 0.2) is 33.7 Å². The van der Waals surface area contributed by atoms with Gasteiger partial charge in [-0.3, -0.25) is 14.5 Å². The highest BCUT2D eigenvalue weighted by Crippen LogP contribution is 2.49. The van der Waals surface area contributed by atoms with Gasteiger partial charge in [0.25, 0.3) is 5.91 Å². The lowest BCUT2D eigenvalue weighted by molar-refractivity contribution is -0.149. The van der Waals surface area contributed by atoms with Gasteiger partial charge in [0.15, 0.2) is 10.8 Å². The monoisotopic (exact) mass is 491 g/mol. The molecular formula is C18H17N7O4S3. The van der Waals surface area contributed by atoms with Gasteiger partial charge in [-0.2, -0.15) is 0 Å². The van der Waals surface area contributed by atoms with Gasteiger partial charge in [0.2, 0.25) is 5.91 Å². The molecule has 3 aliphatic rings. The minimum atomic E-state index is -0.914. The van der Waals surface area contributed by atoms with Crippen LogP contribution in [-0.2, 0) is 25.8 Å². The van der Waals surface area contributed by atoms with E-state index in [0.717, 1.165) is 34.9 Å². The Kier molecular flexibility index (Phi) is 5.43. The molecule has 2 amide bonds. The average Bonchev–Trinajstić information content (AvgIpc) is 3.46. The molecule has 0 spiro atoms. The van der Waals surface area contributed by atoms with E-state index in [9.17, 15) is 14.4 Å². The van der Waals surface area contributed by atoms with Crippen LogP contribution in [0.4, 0.5) is 5.13 Å². The first kappa shape index (κ1) is 21.0. The number of carbonyl (C=O) groups is 3. The van der Waals surface area contributed by atoms with E-state index in [-0.39, 0.29) is 38.8 Å². The molecule has 0 aliphatic carbocycles. The van der Waals surface area contributed by atoms with E-state index in [1.54, 1.807) is 18.1 Å². The van der Waals surface area contributed by atoms with Crippen LogP contribution in [0, 0.1) is 0 Å². The fourth-order valence-corrected chi connectivity index (χ4v) is 7.01. The summed E-state index contributed by atoms with van der Waals surface area (Å²) < 4.78 is 2.08. The van der Waals surface area contributed by atoms with Gasteiger partial charge in [0.05, 0.1) is 29.1 Å². The zero-order valence-electron chi connectivity index (χ0n) is 16.5. The van der Waals surface area contributed by atoms with Crippen molar-refractivity contribution in [3.8, 4) is 0 Å². The second kappa shape index (κ2) is 8.26. The number of fused-ring (bicyclic) bond motifs is 2. The Labute approximate surface area is 194 Å². The predicted molar refractivity (Wildman–Crippen MR) is 120 cm³/mol. The topological polar surface area (TPSA) is 159 Å². The molecule has 14 heteroatoms. The maximum Gasteiger partial charge on any atom is 0.382 e. The first-order valence-electron chi connectivity index (χ1n) is 9.56. The molecule has 0 saturated carbocycles. The van der Waals surface area contributed by atoms with Crippen molar-refractivity contribution < 1.29 is 19.2 Å². The summed E-state index contributed by atoms with van der Waals surface area (Å²) in [7, 11) is 0. The molecule has 1 unspecified atom stereocenters. The van der Waals surface area contributed by atoms with Gasteiger partial charge < -0.3 is 20.9 Å². The van der Waals surface area contributed by atoms with E-state index >= 15 is 0 Å². The summed E-state index contributed by atoms with van der Waals surface area (Å²) in [5, 5.41) is 5.38. The molecule has 3 aliphatic heterocycles. The van der Waals surface area contributed by atoms with Gasteiger partial charge in [-0.1, -0.05) is 5.16 Å². The van der Waals surface area contributed by atoms with Gasteiger partial charge in [0.1, 0.15) is 11.4 Å². The number of nitrogens with zero attached hydrogens (tertiary/aromatic N) is 5. The van der Waals surface area contributed by atoms with Crippen LogP contribution in [0.3, 0.4) is 0 Å². The second-order valence-electron chi connectivity index (χ2n) is 7.17. The number of imidazole rings is 1. The highest BCUT2D eigenvalue weighted by atomic mass is 32.2. The number of hydrogen-bond acceptors (Lipinski definition) is 11. The third kappa shape index (κ3) is 3.67. The lowest BCUT2D eigenvalue weighted by Gasteiger charge is -2.44. The molecule has 0 bridgehead atoms. The zero-order chi connectivity index (χ0) is 22.4. The Morgan fingerprint density at radius 3 is 2.94 bits per heavy atom. The smallest absolute Gasteiger partial charge is 0.375 e. The van der Waals surface area contributed by atoms with Gasteiger partial charge in [-0.15, -0.1) is 34.9 Å². The standard InChI is InChI=1S/C18H17N7O4S3/c19-16(27)14(8-5-31-18(20)22-8)23-29-17(28)15-11(6-30-13-3-12(26)25(13)15)32-10-1-2-24-7-21-4-9(10)24/h4-5,7,10,13H,1-3,6H2,(H2,19,27)(H2,20,22)/t10?,13-/m0/s1. The number of amides is 2. The minimum Gasteiger partial charge on any atom is -0.375 e. The van der Waals surface area contributed by atoms with E-state index in [0.29, 0.717) is 12.2 Å². The summed E-state index contributed by atoms with van der Waals surface area (Å²) in [6.07, 6.45) is 4.87. The molecule has 2 aromatic heterocycles. The van der Waals surface area contributed by atoms with E-state index in [1.165, 1.54) is 22.0 Å². The number of thioether (sulfide) groups is 2. The fourth-order valence-electron chi connectivity index (χ4n) is 3.69. The van der Waals surface area contributed by atoms with E-state index in [2.05, 4.69) is 19.7 Å². The number of thiazole rings is 1. The molecule has 2 aromatic rings. The quantitative estimate of drug-likeness (QED) is 0.261. The van der Waals surface area contributed by atoms with Crippen LogP contribution in [0.2, 0.25) is 0 Å². The molecule has 5 heterocycles. The predicted octanol–water partition coefficient (Wildman–Crippen LogP) is 1.05. The molecule has 32 heavy (non-hydrogen) atoms. The van der Waals surface area contributed by atoms with Crippen molar-refractivity contribution in [1.82, 2.24) is 19.4 Å². The number of aryl methyl sites for hydroxylation is 1. The van der Waals surface area contributed by atoms with Crippen molar-refractivity contribution in [1.29, 1.82) is 0 Å². The number of nitrogen functional groups attached to an aromatic ring is 1. The summed E-state index contributed by atoms with van der Waals surface area (Å²) in [4.78, 5) is 52.6. The minimum absolute atomic E-state index is 0.110. The zero-order valence-corrected chi connectivity index (χ0v) is 18.9. The van der Waals surface area contributed by atoms with Gasteiger partial charge in [0, 0.05) is 28.8 Å². The van der Waals surface area contributed by atoms with Crippen molar-refractivity contribution in [3.05, 3.63) is 39.9 Å². The Hall–Kier alpha value is -2.84. The molecule has 4 N–H and O–H groups in total. The van der Waals surface area contributed by atoms with Crippen molar-refractivity contribution in [2.45, 2.75) is 30.0 Å². The Balaban J connectivity index is 1.43. The van der Waals surface area contributed by atoms with Crippen LogP contribution in [0.25, 0.3) is 0 Å². The number of anilines is 1. The van der Waals surface area contributed by atoms with Gasteiger partial charge >= 0.3 is 5.97 Å². The largest absolute Gasteiger partial charge is 0.382 e. The summed E-state index contributed by atoms with van der Waals surface area (Å²) >= 11 is 4.23. The summed E-state index contributed by atoms with van der Waals surface area (Å²) in [6, 6.07) is 0. The van der Waals surface area contributed by atoms with Crippen LogP contribution >= 0.6 is 34.9 Å². The summed E-state index contributed by atoms with van der Waals surface area (Å²) in [5.74, 6) is -1.32. The van der Waals surface area contributed by atoms with Crippen molar-refractivity contribution in [2.24, 2.45) is 10.9 Å². The molecule has 0 radical (unpaired) electrons. The van der Waals surface area contributed by atoms with E-state index in [4.69, 9.17) is 16.3 Å². The van der Waals surface area contributed by atoms with Gasteiger partial charge in [-0.25, -0.2) is 14.8 Å². The molecular weight excluding hydrogens is 474 g/mol. The van der Waals surface area contributed by atoms with Crippen LogP contribution in [0.5, 0.6) is 0 Å². The number of oxime groups is 1. The number of nitrogens with two attached hydrogens (primary N) is 2. The van der Waals surface area contributed by atoms with Gasteiger partial charge in [-0.05, 0) is 6.42 Å². The Morgan fingerprint density at radius 1 is 1.38 bits per heavy atom. The molecule has 11 nitrogen and oxygen atoms in total. The highest BCUT2D eigenvalue weighted by Gasteiger charge is 2.47. The Morgan fingerprint density at radius 2 is 2.22 bits per heavy atom. The number of primary amides is 1. The van der Waals surface area contributed by atoms with Crippen LogP contribution in [0.1, 0.15) is 29.5 Å². The summed E-state index contributed by atoms with van der Waals surface area (Å²) in [6.45, 7) is 0.849. The number of carbonyl (C=O) groups excluding carboxylic acids is 3. The molecule has 0 aromatic carbocycles. The fraction of sp³-hybridized carbons (Fsp3) is 0.333. The maximum atomic E-state index is 13.1. The van der Waals surface area contributed by atoms with Crippen molar-refractivity contribution in [3.63, 3.8) is 0 Å². The molecule has 1 saturated heterocycles. The summed E-state index contributed by atoms with van der Waals surface area (Å²) in [5.41, 5.74) is 12.0. The van der Waals surface area contributed by atoms with E-state index < -0.39 is 11.9 Å². The second-order valence-corrected chi connectivity index (χ2v) is 10.5. The number of β-lactam (4-membered cyclic amide) rings is 1. The third-order valence-electron chi connectivity index (χ3n) is 5.22. The highest BCUT2D eigenvalue weighted by molar-refractivity contribution is 8.06. The van der Waals surface area contributed by atoms with Crippen molar-refractivity contribution >= 4 is 63.5 Å². The normalized spacial score (nSPS) is 22.4. The molecule has 166 valence electrons.